The van der Waals surface area contributed by atoms with E-state index in [-0.39, 0.29) is 18.6 Å². The van der Waals surface area contributed by atoms with Gasteiger partial charge >= 0.3 is 0 Å². The normalized spacial score (nSPS) is 14.5. The van der Waals surface area contributed by atoms with E-state index in [1.54, 1.807) is 18.6 Å². The van der Waals surface area contributed by atoms with Crippen LogP contribution in [0.1, 0.15) is 31.2 Å². The van der Waals surface area contributed by atoms with E-state index in [9.17, 15) is 4.79 Å². The Morgan fingerprint density at radius 1 is 1.19 bits per heavy atom. The van der Waals surface area contributed by atoms with Crippen LogP contribution in [0.3, 0.4) is 0 Å². The van der Waals surface area contributed by atoms with Gasteiger partial charge < -0.3 is 18.9 Å². The quantitative estimate of drug-likeness (QED) is 0.545. The molecule has 1 saturated heterocycles. The molecule has 2 aromatic heterocycles. The lowest BCUT2D eigenvalue weighted by molar-refractivity contribution is -0.133. The lowest BCUT2D eigenvalue weighted by Crippen LogP contribution is -2.41. The summed E-state index contributed by atoms with van der Waals surface area (Å²) in [4.78, 5) is 26.9. The Kier molecular flexibility index (Phi) is 6.83. The van der Waals surface area contributed by atoms with Crippen LogP contribution >= 0.6 is 0 Å². The van der Waals surface area contributed by atoms with Gasteiger partial charge in [-0.1, -0.05) is 17.3 Å². The van der Waals surface area contributed by atoms with E-state index in [0.29, 0.717) is 43.5 Å². The van der Waals surface area contributed by atoms with Crippen molar-refractivity contribution in [1.82, 2.24) is 25.0 Å². The molecule has 1 aliphatic rings. The van der Waals surface area contributed by atoms with Crippen LogP contribution in [-0.4, -0.2) is 56.7 Å². The number of amides is 1. The van der Waals surface area contributed by atoms with Gasteiger partial charge in [0.15, 0.2) is 0 Å². The molecule has 162 valence electrons. The molecule has 0 radical (unpaired) electrons. The molecule has 1 fully saturated rings. The number of ether oxygens (including phenoxy) is 2. The molecule has 0 atom stereocenters. The second-order valence-corrected chi connectivity index (χ2v) is 7.25. The van der Waals surface area contributed by atoms with E-state index in [1.807, 2.05) is 36.1 Å². The third-order valence-electron chi connectivity index (χ3n) is 5.09. The first-order valence-corrected chi connectivity index (χ1v) is 10.4. The van der Waals surface area contributed by atoms with Crippen molar-refractivity contribution in [2.75, 3.05) is 19.7 Å². The van der Waals surface area contributed by atoms with Gasteiger partial charge in [-0.05, 0) is 37.5 Å². The minimum atomic E-state index is 0.0568. The molecular weight excluding hydrogens is 398 g/mol. The summed E-state index contributed by atoms with van der Waals surface area (Å²) in [7, 11) is 0. The summed E-state index contributed by atoms with van der Waals surface area (Å²) in [5.74, 6) is 1.74. The summed E-state index contributed by atoms with van der Waals surface area (Å²) in [5.41, 5.74) is 1.54. The molecule has 1 aliphatic heterocycles. The molecule has 9 heteroatoms. The van der Waals surface area contributed by atoms with Gasteiger partial charge in [-0.15, -0.1) is 0 Å². The summed E-state index contributed by atoms with van der Waals surface area (Å²) in [6.07, 6.45) is 6.75. The van der Waals surface area contributed by atoms with Crippen molar-refractivity contribution in [2.45, 2.75) is 38.9 Å². The molecule has 1 aromatic carbocycles. The van der Waals surface area contributed by atoms with Gasteiger partial charge in [-0.2, -0.15) is 4.98 Å². The summed E-state index contributed by atoms with van der Waals surface area (Å²) >= 11 is 0. The van der Waals surface area contributed by atoms with Crippen molar-refractivity contribution in [3.63, 3.8) is 0 Å². The van der Waals surface area contributed by atoms with E-state index >= 15 is 0 Å². The molecule has 0 bridgehead atoms. The average molecular weight is 423 g/mol. The van der Waals surface area contributed by atoms with E-state index in [4.69, 9.17) is 14.0 Å². The molecule has 1 amide bonds. The molecule has 0 spiro atoms. The molecule has 0 saturated carbocycles. The molecule has 3 aromatic rings. The maximum atomic E-state index is 12.6. The van der Waals surface area contributed by atoms with Crippen LogP contribution < -0.4 is 4.74 Å². The highest BCUT2D eigenvalue weighted by Crippen LogP contribution is 2.19. The Balaban J connectivity index is 1.21. The lowest BCUT2D eigenvalue weighted by atomic mass is 10.1. The van der Waals surface area contributed by atoms with Crippen molar-refractivity contribution in [3.8, 4) is 17.3 Å². The highest BCUT2D eigenvalue weighted by atomic mass is 16.5. The first-order valence-electron chi connectivity index (χ1n) is 10.4. The zero-order valence-corrected chi connectivity index (χ0v) is 17.4. The fourth-order valence-corrected chi connectivity index (χ4v) is 3.45. The number of piperidine rings is 1. The number of carbonyl (C=O) groups is 1. The fourth-order valence-electron chi connectivity index (χ4n) is 3.45. The van der Waals surface area contributed by atoms with E-state index < -0.39 is 0 Å². The standard InChI is InChI=1S/C22H25N5O4/c1-2-29-17-5-3-16(4-6-17)13-21(28)27-11-7-18(8-12-27)30-15-20-25-22(26-31-20)19-14-23-9-10-24-19/h3-6,9-10,14,18H,2,7-8,11-13,15H2,1H3. The Morgan fingerprint density at radius 3 is 2.71 bits per heavy atom. The average Bonchev–Trinajstić information content (AvgIpc) is 3.29. The molecule has 4 rings (SSSR count). The highest BCUT2D eigenvalue weighted by molar-refractivity contribution is 5.78. The molecule has 0 N–H and O–H groups in total. The Bertz CT molecular complexity index is 969. The zero-order valence-electron chi connectivity index (χ0n) is 17.4. The molecule has 31 heavy (non-hydrogen) atoms. The van der Waals surface area contributed by atoms with E-state index in [0.717, 1.165) is 24.2 Å². The molecule has 9 nitrogen and oxygen atoms in total. The minimum absolute atomic E-state index is 0.0568. The van der Waals surface area contributed by atoms with Gasteiger partial charge in [-0.3, -0.25) is 9.78 Å². The van der Waals surface area contributed by atoms with Crippen molar-refractivity contribution in [2.24, 2.45) is 0 Å². The maximum Gasteiger partial charge on any atom is 0.253 e. The van der Waals surface area contributed by atoms with Crippen LogP contribution in [0, 0.1) is 0 Å². The largest absolute Gasteiger partial charge is 0.494 e. The lowest BCUT2D eigenvalue weighted by Gasteiger charge is -2.31. The van der Waals surface area contributed by atoms with Crippen LogP contribution in [0.15, 0.2) is 47.4 Å². The minimum Gasteiger partial charge on any atom is -0.494 e. The second kappa shape index (κ2) is 10.1. The van der Waals surface area contributed by atoms with Crippen LogP contribution in [0.25, 0.3) is 11.5 Å². The zero-order chi connectivity index (χ0) is 21.5. The number of nitrogens with zero attached hydrogens (tertiary/aromatic N) is 5. The van der Waals surface area contributed by atoms with E-state index in [2.05, 4.69) is 20.1 Å². The summed E-state index contributed by atoms with van der Waals surface area (Å²) in [6, 6.07) is 7.69. The number of aromatic nitrogens is 4. The number of hydrogen-bond acceptors (Lipinski definition) is 8. The second-order valence-electron chi connectivity index (χ2n) is 7.25. The predicted molar refractivity (Wildman–Crippen MR) is 111 cm³/mol. The monoisotopic (exact) mass is 423 g/mol. The number of likely N-dealkylation sites (tertiary alicyclic amines) is 1. The highest BCUT2D eigenvalue weighted by Gasteiger charge is 2.24. The van der Waals surface area contributed by atoms with Gasteiger partial charge in [0, 0.05) is 25.5 Å². The number of carbonyl (C=O) groups excluding carboxylic acids is 1. The first-order chi connectivity index (χ1) is 15.2. The van der Waals surface area contributed by atoms with Crippen molar-refractivity contribution in [3.05, 3.63) is 54.3 Å². The van der Waals surface area contributed by atoms with Crippen molar-refractivity contribution in [1.29, 1.82) is 0 Å². The maximum absolute atomic E-state index is 12.6. The van der Waals surface area contributed by atoms with Gasteiger partial charge in [0.05, 0.1) is 25.3 Å². The van der Waals surface area contributed by atoms with Gasteiger partial charge in [-0.25, -0.2) is 4.98 Å². The Morgan fingerprint density at radius 2 is 2.00 bits per heavy atom. The number of hydrogen-bond donors (Lipinski definition) is 0. The molecular formula is C22H25N5O4. The molecule has 3 heterocycles. The summed E-state index contributed by atoms with van der Waals surface area (Å²) in [5, 5.41) is 3.91. The van der Waals surface area contributed by atoms with Gasteiger partial charge in [0.2, 0.25) is 11.7 Å². The van der Waals surface area contributed by atoms with Crippen LogP contribution in [0.5, 0.6) is 5.75 Å². The summed E-state index contributed by atoms with van der Waals surface area (Å²) in [6.45, 7) is 4.16. The molecule has 0 aliphatic carbocycles. The van der Waals surface area contributed by atoms with Crippen LogP contribution in [0.2, 0.25) is 0 Å². The summed E-state index contributed by atoms with van der Waals surface area (Å²) < 4.78 is 16.6. The number of benzene rings is 1. The van der Waals surface area contributed by atoms with Crippen molar-refractivity contribution < 1.29 is 18.8 Å². The predicted octanol–water partition coefficient (Wildman–Crippen LogP) is 2.68. The topological polar surface area (TPSA) is 103 Å². The van der Waals surface area contributed by atoms with Crippen LogP contribution in [0.4, 0.5) is 0 Å². The van der Waals surface area contributed by atoms with Crippen LogP contribution in [-0.2, 0) is 22.6 Å². The Labute approximate surface area is 180 Å². The van der Waals surface area contributed by atoms with Gasteiger partial charge in [0.1, 0.15) is 18.1 Å². The Hall–Kier alpha value is -3.33. The van der Waals surface area contributed by atoms with Crippen molar-refractivity contribution >= 4 is 5.91 Å². The third-order valence-corrected chi connectivity index (χ3v) is 5.09. The smallest absolute Gasteiger partial charge is 0.253 e. The SMILES string of the molecule is CCOc1ccc(CC(=O)N2CCC(OCc3nc(-c4cnccn4)no3)CC2)cc1. The van der Waals surface area contributed by atoms with E-state index in [1.165, 1.54) is 0 Å². The van der Waals surface area contributed by atoms with Gasteiger partial charge in [0.25, 0.3) is 5.89 Å². The molecule has 0 unspecified atom stereocenters. The fraction of sp³-hybridized carbons (Fsp3) is 0.409. The third kappa shape index (κ3) is 5.64. The first kappa shape index (κ1) is 20.9. The number of rotatable bonds is 8.